The monoisotopic (exact) mass is 294 g/mol. The first-order chi connectivity index (χ1) is 10.4. The molecule has 0 aliphatic carbocycles. The van der Waals surface area contributed by atoms with Gasteiger partial charge in [0.15, 0.2) is 0 Å². The van der Waals surface area contributed by atoms with Crippen molar-refractivity contribution in [3.05, 3.63) is 48.0 Å². The maximum Gasteiger partial charge on any atom is 0.132 e. The molecule has 0 amide bonds. The van der Waals surface area contributed by atoms with E-state index in [0.717, 1.165) is 12.4 Å². The number of fused-ring (bicyclic) bond motifs is 1. The Morgan fingerprint density at radius 2 is 1.73 bits per heavy atom. The van der Waals surface area contributed by atoms with Gasteiger partial charge in [-0.25, -0.2) is 0 Å². The molecule has 2 heteroatoms. The lowest BCUT2D eigenvalue weighted by Gasteiger charge is -2.29. The summed E-state index contributed by atoms with van der Waals surface area (Å²) < 4.78 is 0. The third-order valence-electron chi connectivity index (χ3n) is 4.57. The van der Waals surface area contributed by atoms with E-state index in [1.54, 1.807) is 0 Å². The largest absolute Gasteiger partial charge is 0.352 e. The zero-order valence-electron chi connectivity index (χ0n) is 14.3. The van der Waals surface area contributed by atoms with E-state index >= 15 is 0 Å². The third-order valence-corrected chi connectivity index (χ3v) is 4.57. The molecule has 0 saturated heterocycles. The number of hydrogen-bond acceptors (Lipinski definition) is 2. The fraction of sp³-hybridized carbons (Fsp3) is 0.450. The number of benzene rings is 2. The Morgan fingerprint density at radius 3 is 2.41 bits per heavy atom. The Kier molecular flexibility index (Phi) is 3.72. The quantitative estimate of drug-likeness (QED) is 0.782. The summed E-state index contributed by atoms with van der Waals surface area (Å²) in [6.45, 7) is 12.4. The Balaban J connectivity index is 2.14. The lowest BCUT2D eigenvalue weighted by atomic mass is 9.87. The number of nitrogens with zero attached hydrogens (tertiary/aromatic N) is 2. The van der Waals surface area contributed by atoms with Gasteiger partial charge in [0, 0.05) is 18.2 Å². The van der Waals surface area contributed by atoms with Crippen LogP contribution in [0.2, 0.25) is 0 Å². The van der Waals surface area contributed by atoms with Crippen LogP contribution in [0.15, 0.2) is 47.5 Å². The van der Waals surface area contributed by atoms with Crippen LogP contribution >= 0.6 is 0 Å². The molecule has 1 aliphatic heterocycles. The summed E-state index contributed by atoms with van der Waals surface area (Å²) in [7, 11) is 0. The molecular formula is C20H26N2. The molecule has 2 nitrogen and oxygen atoms in total. The highest BCUT2D eigenvalue weighted by molar-refractivity contribution is 6.10. The molecule has 1 heterocycles. The minimum absolute atomic E-state index is 0.194. The highest BCUT2D eigenvalue weighted by Gasteiger charge is 2.35. The lowest BCUT2D eigenvalue weighted by molar-refractivity contribution is 0.269. The van der Waals surface area contributed by atoms with Crippen LogP contribution in [-0.2, 0) is 0 Å². The van der Waals surface area contributed by atoms with Crippen molar-refractivity contribution < 1.29 is 0 Å². The molecule has 1 aliphatic rings. The molecule has 22 heavy (non-hydrogen) atoms. The summed E-state index contributed by atoms with van der Waals surface area (Å²) >= 11 is 0. The summed E-state index contributed by atoms with van der Waals surface area (Å²) in [6.07, 6.45) is 0. The van der Waals surface area contributed by atoms with Crippen molar-refractivity contribution in [1.82, 2.24) is 4.90 Å². The zero-order chi connectivity index (χ0) is 15.9. The smallest absolute Gasteiger partial charge is 0.132 e. The number of amidine groups is 1. The lowest BCUT2D eigenvalue weighted by Crippen LogP contribution is -2.38. The van der Waals surface area contributed by atoms with Gasteiger partial charge in [-0.05, 0) is 30.0 Å². The predicted molar refractivity (Wildman–Crippen MR) is 95.6 cm³/mol. The molecule has 0 spiro atoms. The van der Waals surface area contributed by atoms with Crippen LogP contribution in [0, 0.1) is 5.41 Å². The average molecular weight is 294 g/mol. The highest BCUT2D eigenvalue weighted by atomic mass is 15.3. The molecule has 2 aromatic carbocycles. The van der Waals surface area contributed by atoms with Crippen molar-refractivity contribution in [2.75, 3.05) is 6.54 Å². The molecule has 2 aromatic rings. The second-order valence-corrected chi connectivity index (χ2v) is 7.61. The van der Waals surface area contributed by atoms with Crippen LogP contribution in [0.25, 0.3) is 10.8 Å². The first kappa shape index (κ1) is 15.1. The fourth-order valence-corrected chi connectivity index (χ4v) is 3.10. The van der Waals surface area contributed by atoms with Crippen LogP contribution in [0.3, 0.4) is 0 Å². The summed E-state index contributed by atoms with van der Waals surface area (Å²) in [5.74, 6) is 1.16. The van der Waals surface area contributed by atoms with Crippen molar-refractivity contribution in [3.63, 3.8) is 0 Å². The summed E-state index contributed by atoms with van der Waals surface area (Å²) in [4.78, 5) is 7.58. The molecule has 0 fully saturated rings. The fourth-order valence-electron chi connectivity index (χ4n) is 3.10. The van der Waals surface area contributed by atoms with Gasteiger partial charge in [-0.3, -0.25) is 4.99 Å². The average Bonchev–Trinajstić information content (AvgIpc) is 2.92. The first-order valence-electron chi connectivity index (χ1n) is 8.20. The molecule has 0 saturated carbocycles. The minimum Gasteiger partial charge on any atom is -0.352 e. The Morgan fingerprint density at radius 1 is 1.05 bits per heavy atom. The maximum absolute atomic E-state index is 5.12. The zero-order valence-corrected chi connectivity index (χ0v) is 14.3. The summed E-state index contributed by atoms with van der Waals surface area (Å²) in [5.41, 5.74) is 1.46. The van der Waals surface area contributed by atoms with Crippen molar-refractivity contribution in [2.24, 2.45) is 10.4 Å². The summed E-state index contributed by atoms with van der Waals surface area (Å²) in [6, 6.07) is 15.9. The van der Waals surface area contributed by atoms with Crippen LogP contribution in [0.5, 0.6) is 0 Å². The maximum atomic E-state index is 5.12. The van der Waals surface area contributed by atoms with Gasteiger partial charge in [0.25, 0.3) is 0 Å². The Labute approximate surface area is 133 Å². The second-order valence-electron chi connectivity index (χ2n) is 7.61. The van der Waals surface area contributed by atoms with E-state index in [1.807, 2.05) is 0 Å². The Bertz CT molecular complexity index is 702. The van der Waals surface area contributed by atoms with E-state index in [9.17, 15) is 0 Å². The van der Waals surface area contributed by atoms with Crippen molar-refractivity contribution in [3.8, 4) is 0 Å². The minimum atomic E-state index is 0.194. The van der Waals surface area contributed by atoms with E-state index in [1.165, 1.54) is 16.3 Å². The molecule has 0 unspecified atom stereocenters. The van der Waals surface area contributed by atoms with Crippen LogP contribution in [-0.4, -0.2) is 29.4 Å². The first-order valence-corrected chi connectivity index (χ1v) is 8.20. The number of rotatable bonds is 2. The van der Waals surface area contributed by atoms with Crippen LogP contribution < -0.4 is 0 Å². The molecule has 0 aromatic heterocycles. The van der Waals surface area contributed by atoms with Crippen molar-refractivity contribution >= 4 is 16.6 Å². The van der Waals surface area contributed by atoms with E-state index in [2.05, 4.69) is 82.0 Å². The molecule has 0 bridgehead atoms. The van der Waals surface area contributed by atoms with Gasteiger partial charge >= 0.3 is 0 Å². The molecular weight excluding hydrogens is 268 g/mol. The van der Waals surface area contributed by atoms with E-state index in [0.29, 0.717) is 12.1 Å². The van der Waals surface area contributed by atoms with Gasteiger partial charge in [-0.15, -0.1) is 0 Å². The van der Waals surface area contributed by atoms with E-state index in [-0.39, 0.29) is 5.41 Å². The molecule has 0 N–H and O–H groups in total. The van der Waals surface area contributed by atoms with Crippen LogP contribution in [0.4, 0.5) is 0 Å². The topological polar surface area (TPSA) is 15.6 Å². The van der Waals surface area contributed by atoms with Gasteiger partial charge in [-0.2, -0.15) is 0 Å². The van der Waals surface area contributed by atoms with Gasteiger partial charge in [0.2, 0.25) is 0 Å². The SMILES string of the molecule is CC(C)N1C[C@H](C(C)(C)C)N=C1c1cccc2ccccc12. The van der Waals surface area contributed by atoms with Gasteiger partial charge < -0.3 is 4.90 Å². The van der Waals surface area contributed by atoms with Crippen LogP contribution in [0.1, 0.15) is 40.2 Å². The van der Waals surface area contributed by atoms with Crippen molar-refractivity contribution in [2.45, 2.75) is 46.7 Å². The third kappa shape index (κ3) is 2.63. The highest BCUT2D eigenvalue weighted by Crippen LogP contribution is 2.31. The second kappa shape index (κ2) is 5.42. The molecule has 3 rings (SSSR count). The summed E-state index contributed by atoms with van der Waals surface area (Å²) in [5, 5.41) is 2.58. The number of hydrogen-bond donors (Lipinski definition) is 0. The molecule has 0 radical (unpaired) electrons. The van der Waals surface area contributed by atoms with Crippen molar-refractivity contribution in [1.29, 1.82) is 0 Å². The normalized spacial score (nSPS) is 19.1. The van der Waals surface area contributed by atoms with Gasteiger partial charge in [0.1, 0.15) is 5.84 Å². The molecule has 116 valence electrons. The predicted octanol–water partition coefficient (Wildman–Crippen LogP) is 4.73. The van der Waals surface area contributed by atoms with Gasteiger partial charge in [-0.1, -0.05) is 63.2 Å². The van der Waals surface area contributed by atoms with E-state index in [4.69, 9.17) is 4.99 Å². The number of aliphatic imine (C=N–C) groups is 1. The Hall–Kier alpha value is -1.83. The standard InChI is InChI=1S/C20H26N2/c1-14(2)22-13-18(20(3,4)5)21-19(22)17-12-8-10-15-9-6-7-11-16(15)17/h6-12,14,18H,13H2,1-5H3/t18-/m1/s1. The van der Waals surface area contributed by atoms with E-state index < -0.39 is 0 Å². The van der Waals surface area contributed by atoms with Gasteiger partial charge in [0.05, 0.1) is 6.04 Å². The molecule has 1 atom stereocenters.